The zero-order chi connectivity index (χ0) is 14.5. The summed E-state index contributed by atoms with van der Waals surface area (Å²) in [6, 6.07) is 0.195. The first-order valence-electron chi connectivity index (χ1n) is 7.51. The Bertz CT molecular complexity index is 441. The van der Waals surface area contributed by atoms with Crippen LogP contribution in [0.5, 0.6) is 0 Å². The third-order valence-electron chi connectivity index (χ3n) is 5.53. The Kier molecular flexibility index (Phi) is 3.08. The zero-order valence-corrected chi connectivity index (χ0v) is 12.1. The van der Waals surface area contributed by atoms with Gasteiger partial charge in [-0.25, -0.2) is 0 Å². The number of hydrogen-bond donors (Lipinski definition) is 2. The van der Waals surface area contributed by atoms with Gasteiger partial charge < -0.3 is 15.2 Å². The van der Waals surface area contributed by atoms with Crippen molar-refractivity contribution in [2.45, 2.75) is 58.1 Å². The van der Waals surface area contributed by atoms with Crippen LogP contribution in [0.3, 0.4) is 0 Å². The monoisotopic (exact) mass is 281 g/mol. The lowest BCUT2D eigenvalue weighted by Crippen LogP contribution is -2.71. The van der Waals surface area contributed by atoms with E-state index in [1.54, 1.807) is 13.8 Å². The summed E-state index contributed by atoms with van der Waals surface area (Å²) in [5.74, 6) is -0.632. The number of carbonyl (C=O) groups is 2. The van der Waals surface area contributed by atoms with Crippen LogP contribution in [-0.2, 0) is 14.3 Å². The Labute approximate surface area is 119 Å². The molecular formula is C15H23NO4. The first-order chi connectivity index (χ1) is 9.37. The van der Waals surface area contributed by atoms with E-state index in [9.17, 15) is 9.59 Å². The lowest BCUT2D eigenvalue weighted by molar-refractivity contribution is -0.180. The molecule has 2 aliphatic carbocycles. The largest absolute Gasteiger partial charge is 0.481 e. The van der Waals surface area contributed by atoms with Gasteiger partial charge in [0.25, 0.3) is 0 Å². The number of ether oxygens (including phenoxy) is 1. The molecule has 0 radical (unpaired) electrons. The van der Waals surface area contributed by atoms with Crippen LogP contribution in [0.2, 0.25) is 0 Å². The fourth-order valence-electron chi connectivity index (χ4n) is 4.16. The normalized spacial score (nSPS) is 34.0. The lowest BCUT2D eigenvalue weighted by atomic mass is 9.46. The first-order valence-corrected chi connectivity index (χ1v) is 7.51. The maximum atomic E-state index is 12.2. The molecule has 1 spiro atoms. The van der Waals surface area contributed by atoms with Crippen molar-refractivity contribution in [2.75, 3.05) is 6.61 Å². The molecule has 112 valence electrons. The number of aliphatic carboxylic acids is 1. The van der Waals surface area contributed by atoms with E-state index in [1.165, 1.54) is 6.42 Å². The van der Waals surface area contributed by atoms with E-state index < -0.39 is 11.4 Å². The van der Waals surface area contributed by atoms with E-state index in [2.05, 4.69) is 5.32 Å². The Morgan fingerprint density at radius 2 is 2.10 bits per heavy atom. The quantitative estimate of drug-likeness (QED) is 0.820. The highest BCUT2D eigenvalue weighted by molar-refractivity contribution is 5.84. The fourth-order valence-corrected chi connectivity index (χ4v) is 4.16. The zero-order valence-electron chi connectivity index (χ0n) is 12.1. The molecule has 0 aromatic carbocycles. The summed E-state index contributed by atoms with van der Waals surface area (Å²) in [5, 5.41) is 12.2. The van der Waals surface area contributed by atoms with E-state index in [0.717, 1.165) is 25.9 Å². The van der Waals surface area contributed by atoms with Crippen molar-refractivity contribution in [2.24, 2.45) is 16.7 Å². The number of amides is 1. The highest BCUT2D eigenvalue weighted by Crippen LogP contribution is 2.62. The molecule has 5 nitrogen and oxygen atoms in total. The molecule has 3 unspecified atom stereocenters. The van der Waals surface area contributed by atoms with Crippen LogP contribution in [0, 0.1) is 16.7 Å². The van der Waals surface area contributed by atoms with E-state index in [-0.39, 0.29) is 23.8 Å². The number of hydrogen-bond acceptors (Lipinski definition) is 3. The number of carboxylic acids is 1. The van der Waals surface area contributed by atoms with Crippen LogP contribution >= 0.6 is 0 Å². The second kappa shape index (κ2) is 4.45. The number of carboxylic acid groups (broad SMARTS) is 1. The minimum atomic E-state index is -1.01. The summed E-state index contributed by atoms with van der Waals surface area (Å²) >= 11 is 0. The minimum Gasteiger partial charge on any atom is -0.481 e. The molecule has 3 fully saturated rings. The van der Waals surface area contributed by atoms with Crippen LogP contribution in [0.4, 0.5) is 0 Å². The second-order valence-electron chi connectivity index (χ2n) is 7.24. The van der Waals surface area contributed by atoms with Crippen molar-refractivity contribution in [3.05, 3.63) is 0 Å². The summed E-state index contributed by atoms with van der Waals surface area (Å²) in [6.07, 6.45) is 4.84. The molecule has 1 saturated heterocycles. The molecule has 3 atom stereocenters. The van der Waals surface area contributed by atoms with Gasteiger partial charge in [0.15, 0.2) is 0 Å². The molecule has 1 aliphatic heterocycles. The predicted octanol–water partition coefficient (Wildman–Crippen LogP) is 1.56. The highest BCUT2D eigenvalue weighted by Gasteiger charge is 2.66. The van der Waals surface area contributed by atoms with Crippen LogP contribution in [-0.4, -0.2) is 35.7 Å². The van der Waals surface area contributed by atoms with Crippen molar-refractivity contribution < 1.29 is 19.4 Å². The Morgan fingerprint density at radius 1 is 1.40 bits per heavy atom. The van der Waals surface area contributed by atoms with Gasteiger partial charge in [-0.2, -0.15) is 0 Å². The molecule has 2 saturated carbocycles. The second-order valence-corrected chi connectivity index (χ2v) is 7.24. The molecule has 2 N–H and O–H groups in total. The first kappa shape index (κ1) is 13.9. The molecule has 0 bridgehead atoms. The summed E-state index contributed by atoms with van der Waals surface area (Å²) in [4.78, 5) is 23.3. The number of rotatable bonds is 4. The Hall–Kier alpha value is -1.10. The summed E-state index contributed by atoms with van der Waals surface area (Å²) < 4.78 is 5.82. The van der Waals surface area contributed by atoms with Gasteiger partial charge in [-0.1, -0.05) is 6.42 Å². The number of nitrogens with one attached hydrogen (secondary N) is 1. The molecule has 1 amide bonds. The van der Waals surface area contributed by atoms with Crippen LogP contribution in [0.15, 0.2) is 0 Å². The molecule has 3 aliphatic rings. The number of carbonyl (C=O) groups excluding carboxylic acids is 1. The van der Waals surface area contributed by atoms with Gasteiger partial charge in [0.2, 0.25) is 5.91 Å². The predicted molar refractivity (Wildman–Crippen MR) is 72.1 cm³/mol. The molecular weight excluding hydrogens is 258 g/mol. The molecule has 0 aromatic heterocycles. The maximum Gasteiger partial charge on any atom is 0.309 e. The van der Waals surface area contributed by atoms with Gasteiger partial charge in [0.1, 0.15) is 0 Å². The fraction of sp³-hybridized carbons (Fsp3) is 0.867. The standard InChI is InChI=1S/C15H23NO4/c1-14(2,13(18)19)8-10(17)16-11-9-4-7-20-12(9)15(11)5-3-6-15/h9,11-12H,3-8H2,1-2H3,(H,16,17)(H,18,19). The Balaban J connectivity index is 1.63. The van der Waals surface area contributed by atoms with Gasteiger partial charge in [-0.05, 0) is 33.1 Å². The van der Waals surface area contributed by atoms with Crippen molar-refractivity contribution in [1.29, 1.82) is 0 Å². The lowest BCUT2D eigenvalue weighted by Gasteiger charge is -2.63. The van der Waals surface area contributed by atoms with Gasteiger partial charge in [-0.3, -0.25) is 9.59 Å². The summed E-state index contributed by atoms with van der Waals surface area (Å²) in [6.45, 7) is 3.98. The third kappa shape index (κ3) is 1.86. The summed E-state index contributed by atoms with van der Waals surface area (Å²) in [7, 11) is 0. The average Bonchev–Trinajstić information content (AvgIpc) is 2.68. The molecule has 5 heteroatoms. The van der Waals surface area contributed by atoms with Gasteiger partial charge in [0, 0.05) is 30.4 Å². The molecule has 3 rings (SSSR count). The van der Waals surface area contributed by atoms with Crippen LogP contribution in [0.25, 0.3) is 0 Å². The van der Waals surface area contributed by atoms with E-state index in [1.807, 2.05) is 0 Å². The van der Waals surface area contributed by atoms with Crippen molar-refractivity contribution in [3.8, 4) is 0 Å². The Morgan fingerprint density at radius 3 is 2.65 bits per heavy atom. The van der Waals surface area contributed by atoms with Gasteiger partial charge in [0.05, 0.1) is 11.5 Å². The molecule has 20 heavy (non-hydrogen) atoms. The smallest absolute Gasteiger partial charge is 0.309 e. The van der Waals surface area contributed by atoms with Crippen LogP contribution in [0.1, 0.15) is 46.0 Å². The summed E-state index contributed by atoms with van der Waals surface area (Å²) in [5.41, 5.74) is -0.851. The third-order valence-corrected chi connectivity index (χ3v) is 5.53. The SMILES string of the molecule is CC(C)(CC(=O)NC1C2CCOC2C12CCC2)C(=O)O. The topological polar surface area (TPSA) is 75.6 Å². The highest BCUT2D eigenvalue weighted by atomic mass is 16.5. The van der Waals surface area contributed by atoms with E-state index in [0.29, 0.717) is 12.0 Å². The molecule has 1 heterocycles. The number of fused-ring (bicyclic) bond motifs is 2. The van der Waals surface area contributed by atoms with Crippen LogP contribution < -0.4 is 5.32 Å². The van der Waals surface area contributed by atoms with E-state index >= 15 is 0 Å². The van der Waals surface area contributed by atoms with Crippen molar-refractivity contribution >= 4 is 11.9 Å². The van der Waals surface area contributed by atoms with Gasteiger partial charge in [-0.15, -0.1) is 0 Å². The van der Waals surface area contributed by atoms with E-state index in [4.69, 9.17) is 9.84 Å². The van der Waals surface area contributed by atoms with Crippen molar-refractivity contribution in [1.82, 2.24) is 5.32 Å². The van der Waals surface area contributed by atoms with Crippen molar-refractivity contribution in [3.63, 3.8) is 0 Å². The van der Waals surface area contributed by atoms with Gasteiger partial charge >= 0.3 is 5.97 Å². The molecule has 0 aromatic rings. The average molecular weight is 281 g/mol. The minimum absolute atomic E-state index is 0.0349. The maximum absolute atomic E-state index is 12.2.